The van der Waals surface area contributed by atoms with Gasteiger partial charge in [0.15, 0.2) is 0 Å². The van der Waals surface area contributed by atoms with Gasteiger partial charge >= 0.3 is 6.36 Å². The third-order valence-corrected chi connectivity index (χ3v) is 5.12. The smallest absolute Gasteiger partial charge is 0.491 e. The zero-order chi connectivity index (χ0) is 23.3. The van der Waals surface area contributed by atoms with Crippen LogP contribution in [0.15, 0.2) is 47.1 Å². The number of pyridine rings is 1. The van der Waals surface area contributed by atoms with E-state index in [0.717, 1.165) is 19.4 Å². The van der Waals surface area contributed by atoms with Crippen molar-refractivity contribution in [1.29, 1.82) is 0 Å². The number of aromatic nitrogens is 3. The molecule has 2 aromatic heterocycles. The van der Waals surface area contributed by atoms with Crippen LogP contribution >= 0.6 is 0 Å². The van der Waals surface area contributed by atoms with Gasteiger partial charge in [0.2, 0.25) is 11.7 Å². The van der Waals surface area contributed by atoms with E-state index in [1.165, 1.54) is 12.1 Å². The van der Waals surface area contributed by atoms with Crippen LogP contribution in [-0.4, -0.2) is 53.3 Å². The maximum atomic E-state index is 12.5. The number of nitrogens with zero attached hydrogens (tertiary/aromatic N) is 4. The van der Waals surface area contributed by atoms with E-state index >= 15 is 0 Å². The molecule has 0 radical (unpaired) electrons. The predicted octanol–water partition coefficient (Wildman–Crippen LogP) is 4.39. The maximum absolute atomic E-state index is 12.5. The summed E-state index contributed by atoms with van der Waals surface area (Å²) in [5.41, 5.74) is 1.22. The van der Waals surface area contributed by atoms with Crippen molar-refractivity contribution in [2.24, 2.45) is 0 Å². The molecule has 0 unspecified atom stereocenters. The highest BCUT2D eigenvalue weighted by Gasteiger charge is 2.32. The Bertz CT molecular complexity index is 1060. The van der Waals surface area contributed by atoms with Crippen LogP contribution in [0.2, 0.25) is 0 Å². The number of alkyl halides is 3. The summed E-state index contributed by atoms with van der Waals surface area (Å²) >= 11 is 0. The second-order valence-corrected chi connectivity index (χ2v) is 7.50. The van der Waals surface area contributed by atoms with Gasteiger partial charge in [0.05, 0.1) is 12.6 Å². The Balaban J connectivity index is 1.45. The van der Waals surface area contributed by atoms with Crippen molar-refractivity contribution >= 4 is 0 Å². The summed E-state index contributed by atoms with van der Waals surface area (Å²) in [4.78, 5) is 10.9. The maximum Gasteiger partial charge on any atom is 0.573 e. The standard InChI is InChI=1S/C22H23F3N4O4/c1-30-10-11-31-16-7-8-26-18(13-16)20-27-21(33-28-20)19-6-3-9-29(19)14-15-4-2-5-17(12-15)32-22(23,24)25/h2,4-5,7-8,12-13,19H,3,6,9-11,14H2,1H3/t19-/m1/s1. The molecular formula is C22H23F3N4O4. The summed E-state index contributed by atoms with van der Waals surface area (Å²) in [6.45, 7) is 2.06. The van der Waals surface area contributed by atoms with Crippen molar-refractivity contribution < 1.29 is 31.9 Å². The molecule has 1 fully saturated rings. The average Bonchev–Trinajstić information content (AvgIpc) is 3.43. The lowest BCUT2D eigenvalue weighted by Crippen LogP contribution is -2.23. The van der Waals surface area contributed by atoms with Crippen molar-refractivity contribution in [1.82, 2.24) is 20.0 Å². The SMILES string of the molecule is COCCOc1ccnc(-c2noc([C@H]3CCCN3Cc3cccc(OC(F)(F)F)c3)n2)c1. The molecule has 1 atom stereocenters. The molecule has 1 aliphatic rings. The number of likely N-dealkylation sites (tertiary alicyclic amines) is 1. The molecule has 1 saturated heterocycles. The molecule has 0 spiro atoms. The fraction of sp³-hybridized carbons (Fsp3) is 0.409. The summed E-state index contributed by atoms with van der Waals surface area (Å²) < 4.78 is 57.7. The summed E-state index contributed by atoms with van der Waals surface area (Å²) in [5.74, 6) is 1.16. The molecule has 8 nitrogen and oxygen atoms in total. The highest BCUT2D eigenvalue weighted by Crippen LogP contribution is 2.34. The molecule has 33 heavy (non-hydrogen) atoms. The third-order valence-electron chi connectivity index (χ3n) is 5.12. The van der Waals surface area contributed by atoms with Gasteiger partial charge in [0.1, 0.15) is 23.8 Å². The van der Waals surface area contributed by atoms with E-state index in [1.54, 1.807) is 37.6 Å². The molecule has 0 aliphatic carbocycles. The Labute approximate surface area is 188 Å². The molecule has 11 heteroatoms. The quantitative estimate of drug-likeness (QED) is 0.431. The van der Waals surface area contributed by atoms with Gasteiger partial charge in [0, 0.05) is 25.9 Å². The molecule has 1 aromatic carbocycles. The third kappa shape index (κ3) is 6.20. The Kier molecular flexibility index (Phi) is 7.09. The van der Waals surface area contributed by atoms with Crippen molar-refractivity contribution in [2.75, 3.05) is 26.9 Å². The highest BCUT2D eigenvalue weighted by atomic mass is 19.4. The minimum atomic E-state index is -4.73. The monoisotopic (exact) mass is 464 g/mol. The van der Waals surface area contributed by atoms with Gasteiger partial charge in [0.25, 0.3) is 0 Å². The summed E-state index contributed by atoms with van der Waals surface area (Å²) in [5, 5.41) is 4.06. The molecule has 4 rings (SSSR count). The summed E-state index contributed by atoms with van der Waals surface area (Å²) in [6, 6.07) is 9.29. The Morgan fingerprint density at radius 1 is 1.15 bits per heavy atom. The van der Waals surface area contributed by atoms with Crippen LogP contribution in [0.1, 0.15) is 30.3 Å². The zero-order valence-corrected chi connectivity index (χ0v) is 17.9. The lowest BCUT2D eigenvalue weighted by molar-refractivity contribution is -0.274. The van der Waals surface area contributed by atoms with Crippen LogP contribution in [0, 0.1) is 0 Å². The molecule has 3 aromatic rings. The van der Waals surface area contributed by atoms with Gasteiger partial charge < -0.3 is 18.7 Å². The Hall–Kier alpha value is -3.18. The lowest BCUT2D eigenvalue weighted by Gasteiger charge is -2.21. The topological polar surface area (TPSA) is 82.7 Å². The van der Waals surface area contributed by atoms with Crippen LogP contribution in [0.25, 0.3) is 11.5 Å². The van der Waals surface area contributed by atoms with Crippen LogP contribution in [-0.2, 0) is 11.3 Å². The van der Waals surface area contributed by atoms with Gasteiger partial charge in [-0.05, 0) is 43.1 Å². The number of hydrogen-bond donors (Lipinski definition) is 0. The first kappa shape index (κ1) is 23.0. The predicted molar refractivity (Wildman–Crippen MR) is 110 cm³/mol. The molecule has 1 aliphatic heterocycles. The number of rotatable bonds is 9. The number of ether oxygens (including phenoxy) is 3. The van der Waals surface area contributed by atoms with Crippen molar-refractivity contribution in [3.8, 4) is 23.0 Å². The first-order valence-corrected chi connectivity index (χ1v) is 10.4. The molecule has 0 amide bonds. The molecule has 0 N–H and O–H groups in total. The average molecular weight is 464 g/mol. The van der Waals surface area contributed by atoms with Crippen LogP contribution in [0.5, 0.6) is 11.5 Å². The van der Waals surface area contributed by atoms with Gasteiger partial charge in [-0.3, -0.25) is 9.88 Å². The highest BCUT2D eigenvalue weighted by molar-refractivity contribution is 5.50. The molecule has 3 heterocycles. The first-order valence-electron chi connectivity index (χ1n) is 10.4. The molecular weight excluding hydrogens is 441 g/mol. The summed E-state index contributed by atoms with van der Waals surface area (Å²) in [6.07, 6.45) is -1.42. The largest absolute Gasteiger partial charge is 0.573 e. The Morgan fingerprint density at radius 2 is 2.03 bits per heavy atom. The van der Waals surface area contributed by atoms with E-state index in [-0.39, 0.29) is 11.8 Å². The van der Waals surface area contributed by atoms with E-state index in [0.29, 0.717) is 48.5 Å². The van der Waals surface area contributed by atoms with Gasteiger partial charge in [-0.1, -0.05) is 17.3 Å². The number of methoxy groups -OCH3 is 1. The van der Waals surface area contributed by atoms with E-state index in [9.17, 15) is 13.2 Å². The van der Waals surface area contributed by atoms with Gasteiger partial charge in [-0.25, -0.2) is 0 Å². The van der Waals surface area contributed by atoms with E-state index < -0.39 is 6.36 Å². The van der Waals surface area contributed by atoms with Crippen molar-refractivity contribution in [3.63, 3.8) is 0 Å². The minimum Gasteiger partial charge on any atom is -0.491 e. The zero-order valence-electron chi connectivity index (χ0n) is 17.9. The Morgan fingerprint density at radius 3 is 2.85 bits per heavy atom. The summed E-state index contributed by atoms with van der Waals surface area (Å²) in [7, 11) is 1.60. The fourth-order valence-corrected chi connectivity index (χ4v) is 3.71. The molecule has 0 saturated carbocycles. The van der Waals surface area contributed by atoms with Crippen LogP contribution < -0.4 is 9.47 Å². The first-order chi connectivity index (χ1) is 15.9. The van der Waals surface area contributed by atoms with E-state index in [2.05, 4.69) is 24.8 Å². The number of halogens is 3. The van der Waals surface area contributed by atoms with Crippen LogP contribution in [0.4, 0.5) is 13.2 Å². The van der Waals surface area contributed by atoms with Gasteiger partial charge in [-0.15, -0.1) is 13.2 Å². The van der Waals surface area contributed by atoms with Crippen molar-refractivity contribution in [2.45, 2.75) is 31.8 Å². The molecule has 176 valence electrons. The van der Waals surface area contributed by atoms with Crippen molar-refractivity contribution in [3.05, 3.63) is 54.0 Å². The van der Waals surface area contributed by atoms with E-state index in [1.807, 2.05) is 0 Å². The number of hydrogen-bond acceptors (Lipinski definition) is 8. The fourth-order valence-electron chi connectivity index (χ4n) is 3.71. The van der Waals surface area contributed by atoms with E-state index in [4.69, 9.17) is 14.0 Å². The minimum absolute atomic E-state index is 0.139. The molecule has 0 bridgehead atoms. The second kappa shape index (κ2) is 10.2. The van der Waals surface area contributed by atoms with Crippen LogP contribution in [0.3, 0.4) is 0 Å². The second-order valence-electron chi connectivity index (χ2n) is 7.50. The lowest BCUT2D eigenvalue weighted by atomic mass is 10.1. The number of benzene rings is 1. The van der Waals surface area contributed by atoms with Gasteiger partial charge in [-0.2, -0.15) is 4.98 Å². The normalized spacial score (nSPS) is 16.8.